The maximum absolute atomic E-state index is 4.06. The van der Waals surface area contributed by atoms with Crippen LogP contribution in [-0.4, -0.2) is 9.13 Å². The van der Waals surface area contributed by atoms with E-state index in [0.717, 1.165) is 12.2 Å². The summed E-state index contributed by atoms with van der Waals surface area (Å²) in [7, 11) is 0. The van der Waals surface area contributed by atoms with Crippen LogP contribution in [0.5, 0.6) is 0 Å². The number of fused-ring (bicyclic) bond motifs is 15. The Labute approximate surface area is 331 Å². The van der Waals surface area contributed by atoms with Crippen LogP contribution in [0, 0.1) is 0 Å². The van der Waals surface area contributed by atoms with Gasteiger partial charge in [-0.25, -0.2) is 0 Å². The number of para-hydroxylation sites is 3. The third-order valence-corrected chi connectivity index (χ3v) is 12.7. The van der Waals surface area contributed by atoms with Gasteiger partial charge in [-0.15, -0.1) is 0 Å². The highest BCUT2D eigenvalue weighted by Crippen LogP contribution is 2.61. The van der Waals surface area contributed by atoms with Gasteiger partial charge in [0.2, 0.25) is 0 Å². The van der Waals surface area contributed by atoms with E-state index in [1.54, 1.807) is 0 Å². The molecule has 7 aromatic carbocycles. The lowest BCUT2D eigenvalue weighted by molar-refractivity contribution is 0.619. The van der Waals surface area contributed by atoms with Crippen LogP contribution in [-0.2, 0) is 5.41 Å². The number of benzene rings is 7. The zero-order valence-electron chi connectivity index (χ0n) is 31.7. The topological polar surface area (TPSA) is 21.9 Å². The zero-order chi connectivity index (χ0) is 37.7. The Hall–Kier alpha value is -7.10. The minimum atomic E-state index is -0.316. The molecular weight excluding hydrogens is 691 g/mol. The standard InChI is InChI=1S/C54H39N3/c1-54-32-18-17-29-43(54)53-49(48-39-25-11-12-26-40(39)52-50(51(48)54)42-28-14-15-30-45(42)56(52)38-23-9-4-10-24-38)41-27-13-16-31-46(41)57(53)47-34-37(35-19-5-2-6-20-35)33-44(55-47)36-21-7-3-8-22-36/h2-31,33-34,44,55H,32H2,1H3. The van der Waals surface area contributed by atoms with Gasteiger partial charge in [-0.3, -0.25) is 4.57 Å². The third-order valence-electron chi connectivity index (χ3n) is 12.7. The van der Waals surface area contributed by atoms with Crippen molar-refractivity contribution in [1.82, 2.24) is 14.5 Å². The predicted octanol–water partition coefficient (Wildman–Crippen LogP) is 13.4. The molecule has 3 nitrogen and oxygen atoms in total. The van der Waals surface area contributed by atoms with E-state index in [2.05, 4.69) is 216 Å². The average Bonchev–Trinajstić information content (AvgIpc) is 3.81. The largest absolute Gasteiger partial charge is 0.361 e. The van der Waals surface area contributed by atoms with Crippen molar-refractivity contribution in [1.29, 1.82) is 0 Å². The van der Waals surface area contributed by atoms with Gasteiger partial charge in [-0.1, -0.05) is 165 Å². The lowest BCUT2D eigenvalue weighted by Crippen LogP contribution is -2.32. The average molecular weight is 730 g/mol. The number of rotatable bonds is 4. The first-order valence-electron chi connectivity index (χ1n) is 20.0. The Morgan fingerprint density at radius 3 is 1.96 bits per heavy atom. The normalized spacial score (nSPS) is 18.5. The number of nitrogens with zero attached hydrogens (tertiary/aromatic N) is 2. The Kier molecular flexibility index (Phi) is 6.89. The highest BCUT2D eigenvalue weighted by atomic mass is 15.2. The predicted molar refractivity (Wildman–Crippen MR) is 239 cm³/mol. The van der Waals surface area contributed by atoms with E-state index in [-0.39, 0.29) is 11.5 Å². The number of dihydropyridines is 1. The molecule has 9 aromatic rings. The molecule has 3 aliphatic rings. The molecule has 2 aromatic heterocycles. The minimum absolute atomic E-state index is 0.00900. The van der Waals surface area contributed by atoms with Gasteiger partial charge in [-0.2, -0.15) is 0 Å². The van der Waals surface area contributed by atoms with Crippen LogP contribution in [0.25, 0.3) is 77.3 Å². The molecule has 0 saturated heterocycles. The van der Waals surface area contributed by atoms with Crippen LogP contribution in [0.1, 0.15) is 41.8 Å². The van der Waals surface area contributed by atoms with E-state index in [9.17, 15) is 0 Å². The molecule has 1 N–H and O–H groups in total. The van der Waals surface area contributed by atoms with Crippen LogP contribution in [0.4, 0.5) is 0 Å². The number of allylic oxidation sites excluding steroid dienone is 6. The van der Waals surface area contributed by atoms with Gasteiger partial charge in [0.15, 0.2) is 0 Å². The second kappa shape index (κ2) is 12.2. The van der Waals surface area contributed by atoms with Gasteiger partial charge in [0.05, 0.1) is 28.3 Å². The van der Waals surface area contributed by atoms with Crippen molar-refractivity contribution in [2.24, 2.45) is 0 Å². The smallest absolute Gasteiger partial charge is 0.112 e. The van der Waals surface area contributed by atoms with E-state index in [4.69, 9.17) is 0 Å². The van der Waals surface area contributed by atoms with Gasteiger partial charge in [0.1, 0.15) is 5.82 Å². The van der Waals surface area contributed by atoms with E-state index in [0.29, 0.717) is 0 Å². The summed E-state index contributed by atoms with van der Waals surface area (Å²) in [5, 5.41) is 10.5. The summed E-state index contributed by atoms with van der Waals surface area (Å²) in [5.74, 6) is 1.08. The fourth-order valence-corrected chi connectivity index (χ4v) is 10.3. The Morgan fingerprint density at radius 2 is 1.21 bits per heavy atom. The quantitative estimate of drug-likeness (QED) is 0.191. The van der Waals surface area contributed by atoms with Gasteiger partial charge in [0.25, 0.3) is 0 Å². The number of nitrogens with one attached hydrogen (secondary N) is 1. The third kappa shape index (κ3) is 4.54. The summed E-state index contributed by atoms with van der Waals surface area (Å²) in [6.45, 7) is 2.50. The molecule has 2 aliphatic carbocycles. The van der Waals surface area contributed by atoms with Crippen molar-refractivity contribution in [3.05, 3.63) is 217 Å². The number of hydrogen-bond donors (Lipinski definition) is 1. The zero-order valence-corrected chi connectivity index (χ0v) is 31.7. The van der Waals surface area contributed by atoms with Crippen LogP contribution in [0.3, 0.4) is 0 Å². The summed E-state index contributed by atoms with van der Waals surface area (Å²) in [6, 6.07) is 59.8. The van der Waals surface area contributed by atoms with Gasteiger partial charge < -0.3 is 9.88 Å². The Balaban J connectivity index is 1.24. The molecule has 0 spiro atoms. The van der Waals surface area contributed by atoms with E-state index < -0.39 is 0 Å². The van der Waals surface area contributed by atoms with Crippen LogP contribution in [0.15, 0.2) is 194 Å². The van der Waals surface area contributed by atoms with Crippen LogP contribution in [0.2, 0.25) is 0 Å². The fourth-order valence-electron chi connectivity index (χ4n) is 10.3. The summed E-state index contributed by atoms with van der Waals surface area (Å²) in [5.41, 5.74) is 14.9. The number of aromatic nitrogens is 2. The van der Waals surface area contributed by atoms with Crippen molar-refractivity contribution < 1.29 is 0 Å². The maximum Gasteiger partial charge on any atom is 0.112 e. The molecule has 57 heavy (non-hydrogen) atoms. The van der Waals surface area contributed by atoms with Crippen molar-refractivity contribution >= 4 is 60.4 Å². The summed E-state index contributed by atoms with van der Waals surface area (Å²) in [6.07, 6.45) is 12.7. The second-order valence-corrected chi connectivity index (χ2v) is 15.9. The Morgan fingerprint density at radius 1 is 0.596 bits per heavy atom. The molecule has 0 amide bonds. The lowest BCUT2D eigenvalue weighted by atomic mass is 9.62. The summed E-state index contributed by atoms with van der Waals surface area (Å²) in [4.78, 5) is 0. The van der Waals surface area contributed by atoms with Crippen molar-refractivity contribution in [3.63, 3.8) is 0 Å². The monoisotopic (exact) mass is 729 g/mol. The Bertz CT molecular complexity index is 3230. The molecule has 1 aliphatic heterocycles. The highest BCUT2D eigenvalue weighted by molar-refractivity contribution is 6.28. The highest BCUT2D eigenvalue weighted by Gasteiger charge is 2.46. The van der Waals surface area contributed by atoms with Crippen molar-refractivity contribution in [3.8, 4) is 16.8 Å². The van der Waals surface area contributed by atoms with Gasteiger partial charge in [-0.05, 0) is 81.6 Å². The molecule has 12 rings (SSSR count). The van der Waals surface area contributed by atoms with Crippen molar-refractivity contribution in [2.75, 3.05) is 0 Å². The van der Waals surface area contributed by atoms with Crippen LogP contribution < -0.4 is 5.32 Å². The molecule has 270 valence electrons. The fraction of sp³-hybridized carbons (Fsp3) is 0.0741. The van der Waals surface area contributed by atoms with Gasteiger partial charge >= 0.3 is 0 Å². The van der Waals surface area contributed by atoms with E-state index in [1.165, 1.54) is 93.8 Å². The molecule has 0 bridgehead atoms. The molecule has 2 atom stereocenters. The van der Waals surface area contributed by atoms with Crippen molar-refractivity contribution in [2.45, 2.75) is 24.8 Å². The molecule has 0 saturated carbocycles. The summed E-state index contributed by atoms with van der Waals surface area (Å²) >= 11 is 0. The molecule has 0 fully saturated rings. The molecule has 0 radical (unpaired) electrons. The molecule has 3 heterocycles. The van der Waals surface area contributed by atoms with Crippen LogP contribution >= 0.6 is 0 Å². The van der Waals surface area contributed by atoms with E-state index in [1.807, 2.05) is 0 Å². The second-order valence-electron chi connectivity index (χ2n) is 15.9. The molecular formula is C54H39N3. The lowest BCUT2D eigenvalue weighted by Gasteiger charge is -2.42. The molecule has 2 unspecified atom stereocenters. The first kappa shape index (κ1) is 32.2. The number of hydrogen-bond acceptors (Lipinski definition) is 1. The summed E-state index contributed by atoms with van der Waals surface area (Å²) < 4.78 is 5.06. The first-order chi connectivity index (χ1) is 28.2. The first-order valence-corrected chi connectivity index (χ1v) is 20.0. The van der Waals surface area contributed by atoms with Gasteiger partial charge in [0, 0.05) is 38.2 Å². The van der Waals surface area contributed by atoms with E-state index >= 15 is 0 Å². The maximum atomic E-state index is 4.06. The molecule has 3 heteroatoms. The SMILES string of the molecule is CC12CC=CC=C1c1c(c3ccccc3n1C1=CC(c3ccccc3)=CC(c3ccccc3)N1)-c1c2c2c3ccccc3n(-c3ccccc3)c2c2ccccc12. The minimum Gasteiger partial charge on any atom is -0.361 e.